The van der Waals surface area contributed by atoms with Crippen molar-refractivity contribution in [3.05, 3.63) is 45.3 Å². The van der Waals surface area contributed by atoms with Crippen LogP contribution in [0.3, 0.4) is 0 Å². The van der Waals surface area contributed by atoms with Crippen LogP contribution in [0.4, 0.5) is 0 Å². The van der Waals surface area contributed by atoms with E-state index in [-0.39, 0.29) is 36.5 Å². The fourth-order valence-corrected chi connectivity index (χ4v) is 4.54. The molecule has 0 saturated carbocycles. The number of nitrogens with zero attached hydrogens (tertiary/aromatic N) is 5. The van der Waals surface area contributed by atoms with E-state index in [9.17, 15) is 9.59 Å². The quantitative estimate of drug-likeness (QED) is 0.689. The summed E-state index contributed by atoms with van der Waals surface area (Å²) in [6.07, 6.45) is 5.09. The first-order valence-electron chi connectivity index (χ1n) is 8.90. The number of carbonyl (C=O) groups excluding carboxylic acids is 1. The Balaban J connectivity index is 0.00000225. The van der Waals surface area contributed by atoms with Crippen LogP contribution in [0.1, 0.15) is 22.3 Å². The predicted molar refractivity (Wildman–Crippen MR) is 111 cm³/mol. The van der Waals surface area contributed by atoms with Crippen LogP contribution in [-0.4, -0.2) is 49.5 Å². The zero-order chi connectivity index (χ0) is 19.1. The van der Waals surface area contributed by atoms with Crippen LogP contribution in [0.2, 0.25) is 0 Å². The second-order valence-electron chi connectivity index (χ2n) is 6.84. The topological polar surface area (TPSA) is 85.1 Å². The molecule has 0 radical (unpaired) electrons. The van der Waals surface area contributed by atoms with Gasteiger partial charge in [0.15, 0.2) is 0 Å². The van der Waals surface area contributed by atoms with E-state index in [2.05, 4.69) is 15.3 Å². The third-order valence-corrected chi connectivity index (χ3v) is 6.30. The summed E-state index contributed by atoms with van der Waals surface area (Å²) >= 11 is 1.51. The third-order valence-electron chi connectivity index (χ3n) is 5.18. The van der Waals surface area contributed by atoms with Gasteiger partial charge in [-0.2, -0.15) is 0 Å². The van der Waals surface area contributed by atoms with Crippen LogP contribution in [0, 0.1) is 13.8 Å². The van der Waals surface area contributed by atoms with Crippen molar-refractivity contribution in [2.45, 2.75) is 26.4 Å². The van der Waals surface area contributed by atoms with Gasteiger partial charge < -0.3 is 14.8 Å². The summed E-state index contributed by atoms with van der Waals surface area (Å²) < 4.78 is 3.34. The molecule has 0 aliphatic carbocycles. The Morgan fingerprint density at radius 2 is 2.14 bits per heavy atom. The van der Waals surface area contributed by atoms with Crippen molar-refractivity contribution in [2.24, 2.45) is 7.05 Å². The SMILES string of the molecule is Cc1sc2ncn(CC(=O)N3CCNCC3c3nccn3C)c(=O)c2c1C.Cl. The number of hydrogen-bond acceptors (Lipinski definition) is 6. The van der Waals surface area contributed by atoms with Gasteiger partial charge in [0.2, 0.25) is 5.91 Å². The highest BCUT2D eigenvalue weighted by molar-refractivity contribution is 7.18. The van der Waals surface area contributed by atoms with Gasteiger partial charge in [-0.15, -0.1) is 23.7 Å². The maximum Gasteiger partial charge on any atom is 0.262 e. The molecule has 10 heteroatoms. The van der Waals surface area contributed by atoms with Gasteiger partial charge in [-0.1, -0.05) is 0 Å². The average molecular weight is 423 g/mol. The second kappa shape index (κ2) is 8.02. The first-order chi connectivity index (χ1) is 13.0. The van der Waals surface area contributed by atoms with Crippen molar-refractivity contribution in [3.63, 3.8) is 0 Å². The lowest BCUT2D eigenvalue weighted by molar-refractivity contribution is -0.135. The molecule has 1 unspecified atom stereocenters. The molecule has 28 heavy (non-hydrogen) atoms. The van der Waals surface area contributed by atoms with Gasteiger partial charge in [0.25, 0.3) is 5.56 Å². The molecule has 3 aromatic rings. The van der Waals surface area contributed by atoms with E-state index in [1.165, 1.54) is 22.2 Å². The zero-order valence-electron chi connectivity index (χ0n) is 16.0. The number of nitrogens with one attached hydrogen (secondary N) is 1. The van der Waals surface area contributed by atoms with Crippen molar-refractivity contribution in [1.82, 2.24) is 29.3 Å². The van der Waals surface area contributed by atoms with Crippen LogP contribution >= 0.6 is 23.7 Å². The average Bonchev–Trinajstić information content (AvgIpc) is 3.21. The lowest BCUT2D eigenvalue weighted by Gasteiger charge is -2.35. The normalized spacial score (nSPS) is 17.0. The van der Waals surface area contributed by atoms with Gasteiger partial charge in [-0.25, -0.2) is 9.97 Å². The van der Waals surface area contributed by atoms with E-state index in [1.807, 2.05) is 31.7 Å². The minimum atomic E-state index is -0.154. The number of amides is 1. The molecule has 0 aromatic carbocycles. The zero-order valence-corrected chi connectivity index (χ0v) is 17.6. The summed E-state index contributed by atoms with van der Waals surface area (Å²) in [5, 5.41) is 3.94. The fourth-order valence-electron chi connectivity index (χ4n) is 3.55. The molecule has 0 spiro atoms. The standard InChI is InChI=1S/C18H22N6O2S.ClH/c1-11-12(2)27-17-15(11)18(26)23(10-21-17)9-14(25)24-7-4-19-8-13(24)16-20-5-6-22(16)3;/h5-6,10,13,19H,4,7-9H2,1-3H3;1H. The first kappa shape index (κ1) is 20.5. The van der Waals surface area contributed by atoms with Crippen LogP contribution in [0.5, 0.6) is 0 Å². The number of aryl methyl sites for hydroxylation is 3. The molecule has 150 valence electrons. The van der Waals surface area contributed by atoms with E-state index in [0.29, 0.717) is 18.5 Å². The smallest absolute Gasteiger partial charge is 0.262 e. The summed E-state index contributed by atoms with van der Waals surface area (Å²) in [7, 11) is 1.92. The second-order valence-corrected chi connectivity index (χ2v) is 8.05. The van der Waals surface area contributed by atoms with Gasteiger partial charge in [-0.3, -0.25) is 14.2 Å². The lowest BCUT2D eigenvalue weighted by Crippen LogP contribution is -2.50. The Hall–Kier alpha value is -2.23. The summed E-state index contributed by atoms with van der Waals surface area (Å²) in [4.78, 5) is 38.3. The summed E-state index contributed by atoms with van der Waals surface area (Å²) in [5.41, 5.74) is 0.793. The number of hydrogen-bond donors (Lipinski definition) is 1. The number of fused-ring (bicyclic) bond motifs is 1. The van der Waals surface area contributed by atoms with Crippen molar-refractivity contribution >= 4 is 39.9 Å². The number of aromatic nitrogens is 4. The minimum Gasteiger partial charge on any atom is -0.336 e. The Labute approximate surface area is 172 Å². The molecule has 1 atom stereocenters. The summed E-state index contributed by atoms with van der Waals surface area (Å²) in [5.74, 6) is 0.734. The molecule has 1 N–H and O–H groups in total. The van der Waals surface area contributed by atoms with Crippen LogP contribution in [0.25, 0.3) is 10.2 Å². The number of carbonyl (C=O) groups is 1. The molecule has 1 amide bonds. The van der Waals surface area contributed by atoms with Crippen molar-refractivity contribution in [3.8, 4) is 0 Å². The number of rotatable bonds is 3. The van der Waals surface area contributed by atoms with E-state index >= 15 is 0 Å². The molecule has 0 bridgehead atoms. The molecule has 4 rings (SSSR count). The lowest BCUT2D eigenvalue weighted by atomic mass is 10.1. The molecule has 8 nitrogen and oxygen atoms in total. The highest BCUT2D eigenvalue weighted by Crippen LogP contribution is 2.25. The highest BCUT2D eigenvalue weighted by Gasteiger charge is 2.30. The predicted octanol–water partition coefficient (Wildman–Crippen LogP) is 1.40. The molecular weight excluding hydrogens is 400 g/mol. The van der Waals surface area contributed by atoms with E-state index in [0.717, 1.165) is 27.6 Å². The largest absolute Gasteiger partial charge is 0.336 e. The Morgan fingerprint density at radius 3 is 2.86 bits per heavy atom. The Kier molecular flexibility index (Phi) is 5.87. The van der Waals surface area contributed by atoms with Crippen LogP contribution in [0.15, 0.2) is 23.5 Å². The maximum atomic E-state index is 13.0. The molecular formula is C18H23ClN6O2S. The summed E-state index contributed by atoms with van der Waals surface area (Å²) in [6, 6.07) is -0.149. The van der Waals surface area contributed by atoms with Gasteiger partial charge in [0.1, 0.15) is 23.2 Å². The van der Waals surface area contributed by atoms with Crippen LogP contribution in [-0.2, 0) is 18.4 Å². The van der Waals surface area contributed by atoms with Gasteiger partial charge in [0, 0.05) is 44.0 Å². The van der Waals surface area contributed by atoms with E-state index < -0.39 is 0 Å². The molecule has 1 fully saturated rings. The Bertz CT molecular complexity index is 1070. The van der Waals surface area contributed by atoms with Crippen molar-refractivity contribution < 1.29 is 4.79 Å². The number of halogens is 1. The van der Waals surface area contributed by atoms with Gasteiger partial charge in [0.05, 0.1) is 11.7 Å². The number of thiophene rings is 1. The third kappa shape index (κ3) is 3.45. The molecule has 1 saturated heterocycles. The van der Waals surface area contributed by atoms with Crippen molar-refractivity contribution in [1.29, 1.82) is 0 Å². The number of imidazole rings is 1. The molecule has 1 aliphatic heterocycles. The molecule has 1 aliphatic rings. The van der Waals surface area contributed by atoms with Crippen molar-refractivity contribution in [2.75, 3.05) is 19.6 Å². The fraction of sp³-hybridized carbons (Fsp3) is 0.444. The highest BCUT2D eigenvalue weighted by atomic mass is 35.5. The number of piperazine rings is 1. The van der Waals surface area contributed by atoms with E-state index in [1.54, 1.807) is 11.1 Å². The van der Waals surface area contributed by atoms with Gasteiger partial charge >= 0.3 is 0 Å². The van der Waals surface area contributed by atoms with Crippen LogP contribution < -0.4 is 10.9 Å². The first-order valence-corrected chi connectivity index (χ1v) is 9.71. The Morgan fingerprint density at radius 1 is 1.36 bits per heavy atom. The summed E-state index contributed by atoms with van der Waals surface area (Å²) in [6.45, 7) is 5.84. The molecule has 3 aromatic heterocycles. The monoisotopic (exact) mass is 422 g/mol. The maximum absolute atomic E-state index is 13.0. The van der Waals surface area contributed by atoms with Gasteiger partial charge in [-0.05, 0) is 19.4 Å². The van der Waals surface area contributed by atoms with E-state index in [4.69, 9.17) is 0 Å². The molecule has 4 heterocycles. The minimum absolute atomic E-state index is 0.